The fourth-order valence-corrected chi connectivity index (χ4v) is 1.96. The van der Waals surface area contributed by atoms with E-state index in [1.54, 1.807) is 0 Å². The van der Waals surface area contributed by atoms with Crippen molar-refractivity contribution in [3.63, 3.8) is 0 Å². The molecule has 0 aromatic heterocycles. The molecule has 0 aliphatic heterocycles. The van der Waals surface area contributed by atoms with E-state index in [9.17, 15) is 0 Å². The van der Waals surface area contributed by atoms with Crippen LogP contribution >= 0.6 is 37.0 Å². The average molecular weight is 182 g/mol. The van der Waals surface area contributed by atoms with Crippen LogP contribution in [0.1, 0.15) is 13.8 Å². The largest absolute Gasteiger partial charge is 0.178 e. The van der Waals surface area contributed by atoms with E-state index in [0.29, 0.717) is 10.5 Å². The third-order valence-corrected chi connectivity index (χ3v) is 3.83. The molecular weight excluding hydrogens is 168 g/mol. The molecule has 56 valence electrons. The van der Waals surface area contributed by atoms with Crippen LogP contribution < -0.4 is 0 Å². The molecule has 0 bridgehead atoms. The number of hydrogen-bond donors (Lipinski definition) is 2. The summed E-state index contributed by atoms with van der Waals surface area (Å²) < 4.78 is 0. The van der Waals surface area contributed by atoms with Crippen molar-refractivity contribution in [1.82, 2.24) is 0 Å². The highest BCUT2D eigenvalue weighted by Crippen LogP contribution is 2.18. The molecule has 0 spiro atoms. The third-order valence-electron chi connectivity index (χ3n) is 0.979. The van der Waals surface area contributed by atoms with Gasteiger partial charge in [0.15, 0.2) is 0 Å². The Bertz CT molecular complexity index is 57.3. The minimum Gasteiger partial charge on any atom is -0.178 e. The van der Waals surface area contributed by atoms with Gasteiger partial charge in [-0.3, -0.25) is 0 Å². The molecule has 9 heavy (non-hydrogen) atoms. The van der Waals surface area contributed by atoms with Crippen molar-refractivity contribution in [3.05, 3.63) is 0 Å². The molecule has 2 unspecified atom stereocenters. The zero-order valence-electron chi connectivity index (χ0n) is 5.87. The molecule has 0 heterocycles. The molecule has 0 N–H and O–H groups in total. The van der Waals surface area contributed by atoms with Gasteiger partial charge in [0, 0.05) is 22.0 Å². The summed E-state index contributed by atoms with van der Waals surface area (Å²) in [5.74, 6) is 1.92. The van der Waals surface area contributed by atoms with Crippen LogP contribution in [0.3, 0.4) is 0 Å². The molecule has 2 atom stereocenters. The van der Waals surface area contributed by atoms with Crippen LogP contribution in [0.2, 0.25) is 0 Å². The Hall–Kier alpha value is 1.05. The summed E-state index contributed by atoms with van der Waals surface area (Å²) >= 11 is 10.3. The maximum Gasteiger partial charge on any atom is 0.0110 e. The predicted molar refractivity (Wildman–Crippen MR) is 54.2 cm³/mol. The summed E-state index contributed by atoms with van der Waals surface area (Å²) in [4.78, 5) is 0. The SMILES string of the molecule is CC(CS)SC(C)CS. The number of rotatable bonds is 4. The lowest BCUT2D eigenvalue weighted by molar-refractivity contribution is 1.07. The lowest BCUT2D eigenvalue weighted by atomic mass is 10.5. The fraction of sp³-hybridized carbons (Fsp3) is 1.00. The van der Waals surface area contributed by atoms with Crippen LogP contribution in [-0.4, -0.2) is 22.0 Å². The van der Waals surface area contributed by atoms with Crippen molar-refractivity contribution in [3.8, 4) is 0 Å². The minimum atomic E-state index is 0.662. The van der Waals surface area contributed by atoms with E-state index in [1.807, 2.05) is 11.8 Å². The first kappa shape index (κ1) is 10.0. The lowest BCUT2D eigenvalue weighted by Crippen LogP contribution is -2.06. The van der Waals surface area contributed by atoms with Crippen LogP contribution in [0.5, 0.6) is 0 Å². The Labute approximate surface area is 73.0 Å². The summed E-state index contributed by atoms with van der Waals surface area (Å²) in [6, 6.07) is 0. The monoisotopic (exact) mass is 182 g/mol. The first-order valence-corrected chi connectivity index (χ1v) is 5.28. The number of thioether (sulfide) groups is 1. The first-order chi connectivity index (χ1) is 4.20. The molecule has 0 aromatic carbocycles. The Morgan fingerprint density at radius 2 is 1.44 bits per heavy atom. The fourth-order valence-electron chi connectivity index (χ4n) is 0.483. The second-order valence-electron chi connectivity index (χ2n) is 2.12. The van der Waals surface area contributed by atoms with E-state index in [1.165, 1.54) is 0 Å². The first-order valence-electron chi connectivity index (χ1n) is 3.08. The van der Waals surface area contributed by atoms with Crippen molar-refractivity contribution in [1.29, 1.82) is 0 Å². The van der Waals surface area contributed by atoms with Gasteiger partial charge in [0.2, 0.25) is 0 Å². The third kappa shape index (κ3) is 5.49. The molecule has 0 aliphatic rings. The second kappa shape index (κ2) is 5.81. The van der Waals surface area contributed by atoms with Gasteiger partial charge in [-0.1, -0.05) is 13.8 Å². The highest BCUT2D eigenvalue weighted by Gasteiger charge is 2.04. The van der Waals surface area contributed by atoms with E-state index in [2.05, 4.69) is 39.1 Å². The molecule has 3 heteroatoms. The highest BCUT2D eigenvalue weighted by molar-refractivity contribution is 8.01. The van der Waals surface area contributed by atoms with Gasteiger partial charge < -0.3 is 0 Å². The molecule has 0 fully saturated rings. The lowest BCUT2D eigenvalue weighted by Gasteiger charge is -2.12. The van der Waals surface area contributed by atoms with Crippen molar-refractivity contribution < 1.29 is 0 Å². The summed E-state index contributed by atoms with van der Waals surface area (Å²) in [7, 11) is 0. The average Bonchev–Trinajstić information content (AvgIpc) is 1.87. The van der Waals surface area contributed by atoms with Gasteiger partial charge in [-0.05, 0) is 0 Å². The summed E-state index contributed by atoms with van der Waals surface area (Å²) in [5, 5.41) is 1.32. The van der Waals surface area contributed by atoms with Gasteiger partial charge in [0.1, 0.15) is 0 Å². The summed E-state index contributed by atoms with van der Waals surface area (Å²) in [6.07, 6.45) is 0. The van der Waals surface area contributed by atoms with Crippen molar-refractivity contribution in [2.24, 2.45) is 0 Å². The van der Waals surface area contributed by atoms with Gasteiger partial charge in [-0.2, -0.15) is 37.0 Å². The summed E-state index contributed by atoms with van der Waals surface area (Å²) in [5.41, 5.74) is 0. The molecule has 0 rings (SSSR count). The van der Waals surface area contributed by atoms with E-state index in [4.69, 9.17) is 0 Å². The molecule has 0 saturated heterocycles. The molecule has 0 saturated carbocycles. The van der Waals surface area contributed by atoms with Crippen LogP contribution in [0, 0.1) is 0 Å². The Balaban J connectivity index is 3.22. The maximum atomic E-state index is 4.18. The van der Waals surface area contributed by atoms with Gasteiger partial charge in [-0.15, -0.1) is 0 Å². The normalized spacial score (nSPS) is 17.3. The van der Waals surface area contributed by atoms with Crippen LogP contribution in [0.15, 0.2) is 0 Å². The molecule has 0 nitrogen and oxygen atoms in total. The number of hydrogen-bond acceptors (Lipinski definition) is 3. The molecule has 0 aromatic rings. The van der Waals surface area contributed by atoms with E-state index < -0.39 is 0 Å². The summed E-state index contributed by atoms with van der Waals surface area (Å²) in [6.45, 7) is 4.38. The standard InChI is InChI=1S/C6H14S3/c1-5(3-7)9-6(2)4-8/h5-8H,3-4H2,1-2H3. The second-order valence-corrected chi connectivity index (χ2v) is 4.73. The van der Waals surface area contributed by atoms with Crippen LogP contribution in [0.25, 0.3) is 0 Å². The quantitative estimate of drug-likeness (QED) is 0.629. The molecule has 0 amide bonds. The zero-order chi connectivity index (χ0) is 7.28. The topological polar surface area (TPSA) is 0 Å². The molecule has 0 aliphatic carbocycles. The van der Waals surface area contributed by atoms with E-state index >= 15 is 0 Å². The zero-order valence-corrected chi connectivity index (χ0v) is 8.48. The van der Waals surface area contributed by atoms with Crippen LogP contribution in [0.4, 0.5) is 0 Å². The van der Waals surface area contributed by atoms with Gasteiger partial charge in [0.25, 0.3) is 0 Å². The highest BCUT2D eigenvalue weighted by atomic mass is 32.2. The van der Waals surface area contributed by atoms with Crippen LogP contribution in [-0.2, 0) is 0 Å². The van der Waals surface area contributed by atoms with Crippen molar-refractivity contribution >= 4 is 37.0 Å². The van der Waals surface area contributed by atoms with E-state index in [0.717, 1.165) is 11.5 Å². The minimum absolute atomic E-state index is 0.662. The van der Waals surface area contributed by atoms with Gasteiger partial charge in [0.05, 0.1) is 0 Å². The van der Waals surface area contributed by atoms with Crippen molar-refractivity contribution in [2.45, 2.75) is 24.3 Å². The molecular formula is C6H14S3. The Kier molecular flexibility index (Phi) is 6.48. The Morgan fingerprint density at radius 3 is 1.67 bits per heavy atom. The smallest absolute Gasteiger partial charge is 0.0110 e. The molecule has 0 radical (unpaired) electrons. The van der Waals surface area contributed by atoms with Gasteiger partial charge in [-0.25, -0.2) is 0 Å². The number of thiol groups is 2. The maximum absolute atomic E-state index is 4.18. The van der Waals surface area contributed by atoms with Crippen molar-refractivity contribution in [2.75, 3.05) is 11.5 Å². The van der Waals surface area contributed by atoms with Gasteiger partial charge >= 0.3 is 0 Å². The Morgan fingerprint density at radius 1 is 1.11 bits per heavy atom. The van der Waals surface area contributed by atoms with E-state index in [-0.39, 0.29) is 0 Å². The predicted octanol–water partition coefficient (Wildman–Crippen LogP) is 2.36.